The van der Waals surface area contributed by atoms with E-state index in [1.807, 2.05) is 13.0 Å². The highest BCUT2D eigenvalue weighted by molar-refractivity contribution is 5.35. The molecular weight excluding hydrogens is 240 g/mol. The van der Waals surface area contributed by atoms with Gasteiger partial charge in [0.2, 0.25) is 11.8 Å². The van der Waals surface area contributed by atoms with Gasteiger partial charge in [-0.05, 0) is 32.6 Å². The van der Waals surface area contributed by atoms with Gasteiger partial charge in [-0.3, -0.25) is 0 Å². The Balaban J connectivity index is 2.09. The zero-order chi connectivity index (χ0) is 13.8. The molecular formula is C14H24N4O. The summed E-state index contributed by atoms with van der Waals surface area (Å²) in [6.07, 6.45) is 2.09. The van der Waals surface area contributed by atoms with Gasteiger partial charge in [-0.25, -0.2) is 4.98 Å². The highest BCUT2D eigenvalue weighted by atomic mass is 16.5. The number of hydrogen-bond donors (Lipinski definition) is 1. The lowest BCUT2D eigenvalue weighted by molar-refractivity contribution is 0.304. The second kappa shape index (κ2) is 6.19. The van der Waals surface area contributed by atoms with Crippen molar-refractivity contribution in [3.8, 4) is 5.88 Å². The predicted molar refractivity (Wildman–Crippen MR) is 76.5 cm³/mol. The predicted octanol–water partition coefficient (Wildman–Crippen LogP) is 1.75. The van der Waals surface area contributed by atoms with Crippen LogP contribution in [0.25, 0.3) is 0 Å². The molecule has 1 fully saturated rings. The van der Waals surface area contributed by atoms with E-state index < -0.39 is 0 Å². The van der Waals surface area contributed by atoms with Crippen molar-refractivity contribution < 1.29 is 4.74 Å². The van der Waals surface area contributed by atoms with Crippen LogP contribution in [0.15, 0.2) is 6.07 Å². The van der Waals surface area contributed by atoms with E-state index in [1.165, 1.54) is 0 Å². The second-order valence-electron chi connectivity index (χ2n) is 5.35. The molecule has 0 amide bonds. The van der Waals surface area contributed by atoms with Gasteiger partial charge in [-0.1, -0.05) is 6.92 Å². The first-order chi connectivity index (χ1) is 9.10. The van der Waals surface area contributed by atoms with Gasteiger partial charge in [0.1, 0.15) is 0 Å². The van der Waals surface area contributed by atoms with Gasteiger partial charge in [-0.15, -0.1) is 0 Å². The van der Waals surface area contributed by atoms with Crippen LogP contribution in [0.3, 0.4) is 0 Å². The van der Waals surface area contributed by atoms with Crippen LogP contribution in [0, 0.1) is 12.8 Å². The Morgan fingerprint density at radius 1 is 1.53 bits per heavy atom. The molecule has 106 valence electrons. The molecule has 0 spiro atoms. The maximum Gasteiger partial charge on any atom is 0.228 e. The topological polar surface area (TPSA) is 64.3 Å². The van der Waals surface area contributed by atoms with E-state index in [0.29, 0.717) is 18.4 Å². The van der Waals surface area contributed by atoms with Crippen molar-refractivity contribution in [3.05, 3.63) is 11.8 Å². The van der Waals surface area contributed by atoms with E-state index in [-0.39, 0.29) is 6.04 Å². The van der Waals surface area contributed by atoms with Crippen LogP contribution in [0.1, 0.15) is 32.4 Å². The lowest BCUT2D eigenvalue weighted by Crippen LogP contribution is -2.30. The number of hydrogen-bond acceptors (Lipinski definition) is 5. The molecule has 0 radical (unpaired) electrons. The van der Waals surface area contributed by atoms with Crippen molar-refractivity contribution in [1.29, 1.82) is 0 Å². The Bertz CT molecular complexity index is 422. The van der Waals surface area contributed by atoms with Gasteiger partial charge in [0.25, 0.3) is 0 Å². The van der Waals surface area contributed by atoms with Crippen LogP contribution in [0.4, 0.5) is 5.95 Å². The Morgan fingerprint density at radius 3 is 2.95 bits per heavy atom. The molecule has 5 heteroatoms. The Hall–Kier alpha value is -1.36. The summed E-state index contributed by atoms with van der Waals surface area (Å²) in [5.74, 6) is 1.98. The highest BCUT2D eigenvalue weighted by Crippen LogP contribution is 2.24. The molecule has 2 atom stereocenters. The van der Waals surface area contributed by atoms with Crippen molar-refractivity contribution in [1.82, 2.24) is 9.97 Å². The minimum absolute atomic E-state index is 0.227. The first-order valence-electron chi connectivity index (χ1n) is 7.09. The van der Waals surface area contributed by atoms with Crippen molar-refractivity contribution in [2.45, 2.75) is 39.7 Å². The average Bonchev–Trinajstić information content (AvgIpc) is 2.85. The summed E-state index contributed by atoms with van der Waals surface area (Å²) in [5.41, 5.74) is 6.92. The van der Waals surface area contributed by atoms with Gasteiger partial charge in [-0.2, -0.15) is 4.98 Å². The minimum Gasteiger partial charge on any atom is -0.478 e. The number of ether oxygens (including phenoxy) is 1. The smallest absolute Gasteiger partial charge is 0.228 e. The fraction of sp³-hybridized carbons (Fsp3) is 0.714. The molecule has 1 aliphatic rings. The zero-order valence-electron chi connectivity index (χ0n) is 12.1. The molecule has 0 aliphatic carbocycles. The molecule has 19 heavy (non-hydrogen) atoms. The lowest BCUT2D eigenvalue weighted by Gasteiger charge is -2.19. The van der Waals surface area contributed by atoms with Gasteiger partial charge < -0.3 is 15.4 Å². The summed E-state index contributed by atoms with van der Waals surface area (Å²) in [6.45, 7) is 8.74. The quantitative estimate of drug-likeness (QED) is 0.877. The molecule has 1 aliphatic heterocycles. The summed E-state index contributed by atoms with van der Waals surface area (Å²) in [6, 6.07) is 2.11. The summed E-state index contributed by atoms with van der Waals surface area (Å²) in [7, 11) is 0. The zero-order valence-corrected chi connectivity index (χ0v) is 12.1. The summed E-state index contributed by atoms with van der Waals surface area (Å²) < 4.78 is 5.61. The number of rotatable bonds is 5. The van der Waals surface area contributed by atoms with E-state index in [1.54, 1.807) is 0 Å². The molecule has 2 unspecified atom stereocenters. The molecule has 2 heterocycles. The molecule has 5 nitrogen and oxygen atoms in total. The first-order valence-corrected chi connectivity index (χ1v) is 7.09. The van der Waals surface area contributed by atoms with E-state index in [9.17, 15) is 0 Å². The normalized spacial score (nSPS) is 20.6. The van der Waals surface area contributed by atoms with Crippen LogP contribution in [-0.2, 0) is 0 Å². The van der Waals surface area contributed by atoms with E-state index in [0.717, 1.165) is 37.6 Å². The third-order valence-corrected chi connectivity index (χ3v) is 3.52. The van der Waals surface area contributed by atoms with Crippen molar-refractivity contribution >= 4 is 5.95 Å². The summed E-state index contributed by atoms with van der Waals surface area (Å²) in [5, 5.41) is 0. The molecule has 1 saturated heterocycles. The number of nitrogens with two attached hydrogens (primary N) is 1. The molecule has 0 aromatic carbocycles. The highest BCUT2D eigenvalue weighted by Gasteiger charge is 2.27. The van der Waals surface area contributed by atoms with Crippen LogP contribution in [-0.4, -0.2) is 35.7 Å². The number of aryl methyl sites for hydroxylation is 1. The van der Waals surface area contributed by atoms with Gasteiger partial charge >= 0.3 is 0 Å². The summed E-state index contributed by atoms with van der Waals surface area (Å²) in [4.78, 5) is 11.2. The van der Waals surface area contributed by atoms with E-state index in [2.05, 4.69) is 28.7 Å². The average molecular weight is 264 g/mol. The third kappa shape index (κ3) is 3.56. The minimum atomic E-state index is 0.227. The maximum absolute atomic E-state index is 5.97. The van der Waals surface area contributed by atoms with Gasteiger partial charge in [0, 0.05) is 30.9 Å². The molecule has 0 saturated carbocycles. The van der Waals surface area contributed by atoms with Crippen LogP contribution >= 0.6 is 0 Å². The standard InChI is InChI=1S/C14H24N4O/c1-4-7-19-13-8-10(2)16-14(17-13)18-6-5-12(9-18)11(3)15/h8,11-12H,4-7,9,15H2,1-3H3. The van der Waals surface area contributed by atoms with Gasteiger partial charge in [0.05, 0.1) is 6.61 Å². The fourth-order valence-electron chi connectivity index (χ4n) is 2.34. The Kier molecular flexibility index (Phi) is 4.58. The number of nitrogens with zero attached hydrogens (tertiary/aromatic N) is 3. The molecule has 0 bridgehead atoms. The monoisotopic (exact) mass is 264 g/mol. The lowest BCUT2D eigenvalue weighted by atomic mass is 10.0. The maximum atomic E-state index is 5.97. The largest absolute Gasteiger partial charge is 0.478 e. The molecule has 1 aromatic rings. The Morgan fingerprint density at radius 2 is 2.32 bits per heavy atom. The third-order valence-electron chi connectivity index (χ3n) is 3.52. The number of aromatic nitrogens is 2. The Labute approximate surface area is 115 Å². The van der Waals surface area contributed by atoms with Crippen LogP contribution in [0.5, 0.6) is 5.88 Å². The number of anilines is 1. The molecule has 2 N–H and O–H groups in total. The summed E-state index contributed by atoms with van der Waals surface area (Å²) >= 11 is 0. The van der Waals surface area contributed by atoms with E-state index >= 15 is 0 Å². The molecule has 2 rings (SSSR count). The second-order valence-corrected chi connectivity index (χ2v) is 5.35. The van der Waals surface area contributed by atoms with Crippen molar-refractivity contribution in [3.63, 3.8) is 0 Å². The van der Waals surface area contributed by atoms with Crippen molar-refractivity contribution in [2.75, 3.05) is 24.6 Å². The van der Waals surface area contributed by atoms with Crippen molar-refractivity contribution in [2.24, 2.45) is 11.7 Å². The van der Waals surface area contributed by atoms with Crippen LogP contribution in [0.2, 0.25) is 0 Å². The van der Waals surface area contributed by atoms with E-state index in [4.69, 9.17) is 10.5 Å². The SMILES string of the molecule is CCCOc1cc(C)nc(N2CCC(C(C)N)C2)n1. The van der Waals surface area contributed by atoms with Gasteiger partial charge in [0.15, 0.2) is 0 Å². The van der Waals surface area contributed by atoms with Crippen LogP contribution < -0.4 is 15.4 Å². The molecule has 1 aromatic heterocycles. The fourth-order valence-corrected chi connectivity index (χ4v) is 2.34. The first kappa shape index (κ1) is 14.1.